The van der Waals surface area contributed by atoms with E-state index in [2.05, 4.69) is 32.2 Å². The molecule has 0 aliphatic rings. The first-order valence-electron chi connectivity index (χ1n) is 6.99. The molecule has 0 aliphatic carbocycles. The standard InChI is InChI=1S/C17H12N4O3/c1-11-5-6-13(10-18-11)8-7-12-3-2-4-14(9-12)24-16-15(17(22)23)19-21-20-16/h2-6,9-10H,1H3,(H,22,23)(H,19,20,21). The van der Waals surface area contributed by atoms with Gasteiger partial charge >= 0.3 is 5.97 Å². The molecule has 1 aromatic carbocycles. The van der Waals surface area contributed by atoms with Gasteiger partial charge in [-0.1, -0.05) is 23.1 Å². The number of hydrogen-bond donors (Lipinski definition) is 2. The molecule has 118 valence electrons. The fourth-order valence-corrected chi connectivity index (χ4v) is 1.87. The van der Waals surface area contributed by atoms with Gasteiger partial charge in [0.25, 0.3) is 5.88 Å². The van der Waals surface area contributed by atoms with Crippen molar-refractivity contribution in [2.45, 2.75) is 6.92 Å². The van der Waals surface area contributed by atoms with E-state index in [4.69, 9.17) is 9.84 Å². The van der Waals surface area contributed by atoms with E-state index in [0.29, 0.717) is 5.75 Å². The molecule has 0 saturated carbocycles. The molecule has 3 rings (SSSR count). The van der Waals surface area contributed by atoms with Crippen molar-refractivity contribution in [2.24, 2.45) is 0 Å². The second kappa shape index (κ2) is 6.62. The van der Waals surface area contributed by atoms with Crippen LogP contribution in [0.15, 0.2) is 42.6 Å². The Balaban J connectivity index is 1.81. The molecule has 2 heterocycles. The predicted molar refractivity (Wildman–Crippen MR) is 84.8 cm³/mol. The number of ether oxygens (including phenoxy) is 1. The van der Waals surface area contributed by atoms with Gasteiger partial charge in [0.1, 0.15) is 5.75 Å². The van der Waals surface area contributed by atoms with Crippen LogP contribution in [0.4, 0.5) is 0 Å². The summed E-state index contributed by atoms with van der Waals surface area (Å²) in [5, 5.41) is 18.3. The number of benzene rings is 1. The Hall–Kier alpha value is -3.66. The Morgan fingerprint density at radius 2 is 2.04 bits per heavy atom. The zero-order valence-electron chi connectivity index (χ0n) is 12.6. The molecule has 7 heteroatoms. The van der Waals surface area contributed by atoms with Gasteiger partial charge in [-0.05, 0) is 37.3 Å². The number of H-pyrrole nitrogens is 1. The highest BCUT2D eigenvalue weighted by Gasteiger charge is 2.16. The second-order valence-corrected chi connectivity index (χ2v) is 4.86. The van der Waals surface area contributed by atoms with E-state index in [0.717, 1.165) is 16.8 Å². The molecule has 0 aliphatic heterocycles. The quantitative estimate of drug-likeness (QED) is 0.719. The van der Waals surface area contributed by atoms with Gasteiger partial charge in [-0.15, -0.1) is 5.10 Å². The number of pyridine rings is 1. The maximum atomic E-state index is 11.0. The summed E-state index contributed by atoms with van der Waals surface area (Å²) < 4.78 is 5.48. The minimum Gasteiger partial charge on any atom is -0.476 e. The number of nitrogens with zero attached hydrogens (tertiary/aromatic N) is 3. The Morgan fingerprint density at radius 1 is 1.21 bits per heavy atom. The van der Waals surface area contributed by atoms with Gasteiger partial charge in [0.15, 0.2) is 0 Å². The zero-order chi connectivity index (χ0) is 16.9. The van der Waals surface area contributed by atoms with Gasteiger partial charge in [0.2, 0.25) is 5.69 Å². The normalized spacial score (nSPS) is 9.88. The Labute approximate surface area is 137 Å². The van der Waals surface area contributed by atoms with Crippen LogP contribution in [0.1, 0.15) is 27.3 Å². The molecule has 2 N–H and O–H groups in total. The second-order valence-electron chi connectivity index (χ2n) is 4.86. The molecule has 0 saturated heterocycles. The molecule has 24 heavy (non-hydrogen) atoms. The van der Waals surface area contributed by atoms with Gasteiger partial charge < -0.3 is 9.84 Å². The fourth-order valence-electron chi connectivity index (χ4n) is 1.87. The third-order valence-electron chi connectivity index (χ3n) is 3.04. The number of aromatic amines is 1. The van der Waals surface area contributed by atoms with Gasteiger partial charge in [-0.2, -0.15) is 0 Å². The minimum atomic E-state index is -1.22. The maximum absolute atomic E-state index is 11.0. The van der Waals surface area contributed by atoms with Crippen LogP contribution < -0.4 is 4.74 Å². The monoisotopic (exact) mass is 320 g/mol. The molecule has 0 spiro atoms. The summed E-state index contributed by atoms with van der Waals surface area (Å²) >= 11 is 0. The first-order chi connectivity index (χ1) is 11.6. The van der Waals surface area contributed by atoms with Crippen molar-refractivity contribution in [3.63, 3.8) is 0 Å². The molecule has 0 amide bonds. The lowest BCUT2D eigenvalue weighted by atomic mass is 10.2. The van der Waals surface area contributed by atoms with Crippen LogP contribution in [-0.2, 0) is 0 Å². The predicted octanol–water partition coefficient (Wildman–Crippen LogP) is 2.40. The summed E-state index contributed by atoms with van der Waals surface area (Å²) in [6.07, 6.45) is 1.71. The number of hydrogen-bond acceptors (Lipinski definition) is 5. The lowest BCUT2D eigenvalue weighted by Crippen LogP contribution is -1.99. The smallest absolute Gasteiger partial charge is 0.362 e. The van der Waals surface area contributed by atoms with Gasteiger partial charge in [0.05, 0.1) is 0 Å². The van der Waals surface area contributed by atoms with Crippen molar-refractivity contribution in [3.05, 3.63) is 65.1 Å². The van der Waals surface area contributed by atoms with Gasteiger partial charge in [0, 0.05) is 23.0 Å². The number of nitrogens with one attached hydrogen (secondary N) is 1. The van der Waals surface area contributed by atoms with E-state index in [1.807, 2.05) is 25.1 Å². The Bertz CT molecular complexity index is 936. The molecule has 0 fully saturated rings. The molecule has 0 bridgehead atoms. The Kier molecular flexibility index (Phi) is 4.21. The van der Waals surface area contributed by atoms with E-state index >= 15 is 0 Å². The van der Waals surface area contributed by atoms with Crippen molar-refractivity contribution in [3.8, 4) is 23.5 Å². The summed E-state index contributed by atoms with van der Waals surface area (Å²) in [6.45, 7) is 1.91. The van der Waals surface area contributed by atoms with E-state index in [1.54, 1.807) is 24.4 Å². The summed E-state index contributed by atoms with van der Waals surface area (Å²) in [4.78, 5) is 15.2. The summed E-state index contributed by atoms with van der Waals surface area (Å²) in [6, 6.07) is 10.8. The largest absolute Gasteiger partial charge is 0.476 e. The van der Waals surface area contributed by atoms with E-state index in [-0.39, 0.29) is 11.6 Å². The topological polar surface area (TPSA) is 101 Å². The van der Waals surface area contributed by atoms with Crippen LogP contribution in [0.5, 0.6) is 11.6 Å². The Morgan fingerprint density at radius 3 is 2.79 bits per heavy atom. The molecule has 3 aromatic rings. The molecular formula is C17H12N4O3. The van der Waals surface area contributed by atoms with E-state index in [9.17, 15) is 4.79 Å². The number of rotatable bonds is 3. The van der Waals surface area contributed by atoms with E-state index in [1.165, 1.54) is 0 Å². The molecule has 0 unspecified atom stereocenters. The van der Waals surface area contributed by atoms with Crippen molar-refractivity contribution in [1.82, 2.24) is 20.4 Å². The third kappa shape index (κ3) is 3.56. The number of carboxylic acids is 1. The van der Waals surface area contributed by atoms with Crippen molar-refractivity contribution in [1.29, 1.82) is 0 Å². The molecule has 0 atom stereocenters. The number of carboxylic acid groups (broad SMARTS) is 1. The molecular weight excluding hydrogens is 308 g/mol. The first kappa shape index (κ1) is 15.2. The van der Waals surface area contributed by atoms with Crippen molar-refractivity contribution >= 4 is 5.97 Å². The molecule has 7 nitrogen and oxygen atoms in total. The van der Waals surface area contributed by atoms with Crippen LogP contribution >= 0.6 is 0 Å². The average Bonchev–Trinajstić information content (AvgIpc) is 3.03. The van der Waals surface area contributed by atoms with Gasteiger partial charge in [-0.3, -0.25) is 4.98 Å². The highest BCUT2D eigenvalue weighted by Crippen LogP contribution is 2.22. The number of aromatic carboxylic acids is 1. The lowest BCUT2D eigenvalue weighted by Gasteiger charge is -2.03. The number of carbonyl (C=O) groups is 1. The average molecular weight is 320 g/mol. The van der Waals surface area contributed by atoms with Crippen molar-refractivity contribution < 1.29 is 14.6 Å². The van der Waals surface area contributed by atoms with Crippen LogP contribution in [0.3, 0.4) is 0 Å². The van der Waals surface area contributed by atoms with Crippen molar-refractivity contribution in [2.75, 3.05) is 0 Å². The van der Waals surface area contributed by atoms with E-state index < -0.39 is 5.97 Å². The number of aromatic nitrogens is 4. The summed E-state index contributed by atoms with van der Waals surface area (Å²) in [5.41, 5.74) is 2.17. The maximum Gasteiger partial charge on any atom is 0.362 e. The van der Waals surface area contributed by atoms with Crippen LogP contribution in [-0.4, -0.2) is 31.5 Å². The van der Waals surface area contributed by atoms with Gasteiger partial charge in [-0.25, -0.2) is 9.89 Å². The minimum absolute atomic E-state index is 0.0321. The number of aryl methyl sites for hydroxylation is 1. The highest BCUT2D eigenvalue weighted by molar-refractivity contribution is 5.87. The first-order valence-corrected chi connectivity index (χ1v) is 6.99. The third-order valence-corrected chi connectivity index (χ3v) is 3.04. The SMILES string of the molecule is Cc1ccc(C#Cc2cccc(Oc3[nH]nnc3C(=O)O)c2)cn1. The molecule has 0 radical (unpaired) electrons. The van der Waals surface area contributed by atoms with Crippen LogP contribution in [0, 0.1) is 18.8 Å². The summed E-state index contributed by atoms with van der Waals surface area (Å²) in [5.74, 6) is 5.19. The highest BCUT2D eigenvalue weighted by atomic mass is 16.5. The van der Waals surface area contributed by atoms with Crippen LogP contribution in [0.25, 0.3) is 0 Å². The zero-order valence-corrected chi connectivity index (χ0v) is 12.6. The van der Waals surface area contributed by atoms with Crippen LogP contribution in [0.2, 0.25) is 0 Å². The molecule has 2 aromatic heterocycles. The lowest BCUT2D eigenvalue weighted by molar-refractivity contribution is 0.0687. The fraction of sp³-hybridized carbons (Fsp3) is 0.0588. The summed E-state index contributed by atoms with van der Waals surface area (Å²) in [7, 11) is 0.